The van der Waals surface area contributed by atoms with E-state index in [9.17, 15) is 4.79 Å². The number of rotatable bonds is 3. The number of amides is 1. The van der Waals surface area contributed by atoms with Gasteiger partial charge >= 0.3 is 0 Å². The van der Waals surface area contributed by atoms with Crippen LogP contribution in [0.1, 0.15) is 35.6 Å². The summed E-state index contributed by atoms with van der Waals surface area (Å²) in [4.78, 5) is 14.6. The fourth-order valence-electron chi connectivity index (χ4n) is 3.64. The van der Waals surface area contributed by atoms with Gasteiger partial charge in [0.15, 0.2) is 5.76 Å². The molecule has 0 aromatic carbocycles. The first-order valence-electron chi connectivity index (χ1n) is 8.17. The van der Waals surface area contributed by atoms with Crippen LogP contribution in [-0.4, -0.2) is 46.9 Å². The normalized spacial score (nSPS) is 24.4. The molecular weight excluding hydrogens is 294 g/mol. The van der Waals surface area contributed by atoms with Crippen LogP contribution in [0, 0.1) is 5.41 Å². The third kappa shape index (κ3) is 2.91. The highest BCUT2D eigenvalue weighted by molar-refractivity contribution is 5.91. The predicted octanol–water partition coefficient (Wildman–Crippen LogP) is 2.17. The molecule has 0 N–H and O–H groups in total. The molecule has 2 aromatic rings. The Hall–Kier alpha value is -2.08. The molecule has 1 amide bonds. The Morgan fingerprint density at radius 3 is 3.09 bits per heavy atom. The van der Waals surface area contributed by atoms with E-state index >= 15 is 0 Å². The van der Waals surface area contributed by atoms with Crippen LogP contribution in [0.4, 0.5) is 0 Å². The lowest BCUT2D eigenvalue weighted by Gasteiger charge is -2.39. The van der Waals surface area contributed by atoms with Crippen molar-refractivity contribution in [3.63, 3.8) is 0 Å². The Morgan fingerprint density at radius 2 is 2.30 bits per heavy atom. The Balaban J connectivity index is 1.45. The zero-order valence-corrected chi connectivity index (χ0v) is 13.1. The molecule has 2 aromatic heterocycles. The second-order valence-electron chi connectivity index (χ2n) is 6.60. The molecule has 2 aliphatic heterocycles. The number of likely N-dealkylation sites (tertiary alicyclic amines) is 1. The molecule has 0 radical (unpaired) electrons. The number of ether oxygens (including phenoxy) is 1. The second kappa shape index (κ2) is 5.85. The van der Waals surface area contributed by atoms with Crippen LogP contribution < -0.4 is 0 Å². The van der Waals surface area contributed by atoms with E-state index in [0.717, 1.165) is 51.3 Å². The van der Waals surface area contributed by atoms with E-state index in [2.05, 4.69) is 5.10 Å². The molecule has 4 rings (SSSR count). The van der Waals surface area contributed by atoms with E-state index in [-0.39, 0.29) is 11.3 Å². The van der Waals surface area contributed by atoms with Crippen molar-refractivity contribution >= 4 is 5.91 Å². The van der Waals surface area contributed by atoms with Crippen LogP contribution in [0.5, 0.6) is 0 Å². The Bertz CT molecular complexity index is 671. The minimum atomic E-state index is -0.0114. The lowest BCUT2D eigenvalue weighted by molar-refractivity contribution is 0.0435. The van der Waals surface area contributed by atoms with Gasteiger partial charge in [-0.2, -0.15) is 5.10 Å². The van der Waals surface area contributed by atoms with Gasteiger partial charge in [0, 0.05) is 37.5 Å². The summed E-state index contributed by atoms with van der Waals surface area (Å²) < 4.78 is 13.1. The summed E-state index contributed by atoms with van der Waals surface area (Å²) in [5.74, 6) is 1.15. The van der Waals surface area contributed by atoms with Crippen molar-refractivity contribution in [1.82, 2.24) is 14.7 Å². The zero-order valence-electron chi connectivity index (χ0n) is 13.1. The van der Waals surface area contributed by atoms with Gasteiger partial charge in [-0.1, -0.05) is 0 Å². The van der Waals surface area contributed by atoms with Crippen molar-refractivity contribution in [2.75, 3.05) is 26.3 Å². The molecule has 4 heterocycles. The first-order valence-corrected chi connectivity index (χ1v) is 8.17. The number of hydrogen-bond donors (Lipinski definition) is 0. The SMILES string of the molecule is O=C(c1ccc(Cn2cccn2)o1)N1CCCC2(CCOC2)C1. The molecule has 2 saturated heterocycles. The van der Waals surface area contributed by atoms with Crippen molar-refractivity contribution in [2.24, 2.45) is 5.41 Å². The summed E-state index contributed by atoms with van der Waals surface area (Å²) in [6.07, 6.45) is 6.85. The number of carbonyl (C=O) groups excluding carboxylic acids is 1. The fourth-order valence-corrected chi connectivity index (χ4v) is 3.64. The summed E-state index contributed by atoms with van der Waals surface area (Å²) in [7, 11) is 0. The van der Waals surface area contributed by atoms with Crippen molar-refractivity contribution in [3.8, 4) is 0 Å². The average Bonchev–Trinajstić information content (AvgIpc) is 3.30. The van der Waals surface area contributed by atoms with Gasteiger partial charge < -0.3 is 14.1 Å². The molecule has 6 nitrogen and oxygen atoms in total. The number of carbonyl (C=O) groups is 1. The van der Waals surface area contributed by atoms with Crippen molar-refractivity contribution in [3.05, 3.63) is 42.1 Å². The maximum absolute atomic E-state index is 12.7. The van der Waals surface area contributed by atoms with Crippen LogP contribution in [0.25, 0.3) is 0 Å². The Kier molecular flexibility index (Phi) is 3.69. The van der Waals surface area contributed by atoms with Crippen molar-refractivity contribution < 1.29 is 13.9 Å². The minimum Gasteiger partial charge on any atom is -0.454 e. The van der Waals surface area contributed by atoms with Crippen molar-refractivity contribution in [1.29, 1.82) is 0 Å². The molecule has 122 valence electrons. The topological polar surface area (TPSA) is 60.5 Å². The predicted molar refractivity (Wildman–Crippen MR) is 83.0 cm³/mol. The first-order chi connectivity index (χ1) is 11.2. The van der Waals surface area contributed by atoms with Gasteiger partial charge in [-0.25, -0.2) is 0 Å². The highest BCUT2D eigenvalue weighted by Crippen LogP contribution is 2.38. The smallest absolute Gasteiger partial charge is 0.289 e. The number of piperidine rings is 1. The molecule has 6 heteroatoms. The van der Waals surface area contributed by atoms with Gasteiger partial charge in [-0.15, -0.1) is 0 Å². The maximum Gasteiger partial charge on any atom is 0.289 e. The van der Waals surface area contributed by atoms with Crippen LogP contribution in [0.2, 0.25) is 0 Å². The van der Waals surface area contributed by atoms with E-state index in [1.54, 1.807) is 16.9 Å². The summed E-state index contributed by atoms with van der Waals surface area (Å²) in [6, 6.07) is 5.49. The number of hydrogen-bond acceptors (Lipinski definition) is 4. The second-order valence-corrected chi connectivity index (χ2v) is 6.60. The van der Waals surface area contributed by atoms with Gasteiger partial charge in [-0.05, 0) is 37.5 Å². The van der Waals surface area contributed by atoms with Gasteiger partial charge in [0.1, 0.15) is 5.76 Å². The number of furan rings is 1. The van der Waals surface area contributed by atoms with Crippen LogP contribution in [-0.2, 0) is 11.3 Å². The standard InChI is InChI=1S/C17H21N3O3/c21-16(19-8-1-5-17(12-19)6-10-22-13-17)15-4-3-14(23-15)11-20-9-2-7-18-20/h2-4,7,9H,1,5-6,8,10-13H2. The highest BCUT2D eigenvalue weighted by atomic mass is 16.5. The molecule has 0 saturated carbocycles. The highest BCUT2D eigenvalue weighted by Gasteiger charge is 2.40. The molecule has 23 heavy (non-hydrogen) atoms. The minimum absolute atomic E-state index is 0.0114. The van der Waals surface area contributed by atoms with E-state index < -0.39 is 0 Å². The van der Waals surface area contributed by atoms with E-state index in [1.165, 1.54) is 0 Å². The average molecular weight is 315 g/mol. The number of aromatic nitrogens is 2. The zero-order chi connectivity index (χ0) is 15.7. The third-order valence-corrected chi connectivity index (χ3v) is 4.88. The molecule has 1 unspecified atom stereocenters. The lowest BCUT2D eigenvalue weighted by Crippen LogP contribution is -2.46. The van der Waals surface area contributed by atoms with E-state index in [4.69, 9.17) is 9.15 Å². The molecule has 1 atom stereocenters. The summed E-state index contributed by atoms with van der Waals surface area (Å²) >= 11 is 0. The summed E-state index contributed by atoms with van der Waals surface area (Å²) in [6.45, 7) is 3.71. The maximum atomic E-state index is 12.7. The van der Waals surface area contributed by atoms with Gasteiger partial charge in [0.25, 0.3) is 5.91 Å². The van der Waals surface area contributed by atoms with Crippen LogP contribution in [0.15, 0.2) is 35.0 Å². The third-order valence-electron chi connectivity index (χ3n) is 4.88. The summed E-state index contributed by atoms with van der Waals surface area (Å²) in [5.41, 5.74) is 0.165. The van der Waals surface area contributed by atoms with Crippen LogP contribution in [0.3, 0.4) is 0 Å². The van der Waals surface area contributed by atoms with Gasteiger partial charge in [0.2, 0.25) is 0 Å². The molecular formula is C17H21N3O3. The van der Waals surface area contributed by atoms with E-state index in [1.807, 2.05) is 23.2 Å². The van der Waals surface area contributed by atoms with Gasteiger partial charge in [0.05, 0.1) is 13.2 Å². The van der Waals surface area contributed by atoms with Crippen molar-refractivity contribution in [2.45, 2.75) is 25.8 Å². The lowest BCUT2D eigenvalue weighted by atomic mass is 9.79. The molecule has 0 bridgehead atoms. The number of nitrogens with zero attached hydrogens (tertiary/aromatic N) is 3. The summed E-state index contributed by atoms with van der Waals surface area (Å²) in [5, 5.41) is 4.15. The molecule has 2 fully saturated rings. The fraction of sp³-hybridized carbons (Fsp3) is 0.529. The first kappa shape index (κ1) is 14.5. The van der Waals surface area contributed by atoms with Gasteiger partial charge in [-0.3, -0.25) is 9.48 Å². The largest absolute Gasteiger partial charge is 0.454 e. The monoisotopic (exact) mass is 315 g/mol. The van der Waals surface area contributed by atoms with E-state index in [0.29, 0.717) is 12.3 Å². The molecule has 2 aliphatic rings. The quantitative estimate of drug-likeness (QED) is 0.871. The Labute approximate surface area is 135 Å². The molecule has 1 spiro atoms. The van der Waals surface area contributed by atoms with Crippen LogP contribution >= 0.6 is 0 Å². The Morgan fingerprint density at radius 1 is 1.35 bits per heavy atom. The molecule has 0 aliphatic carbocycles.